The fraction of sp³-hybridized carbons (Fsp3) is 0.474. The molecule has 2 aliphatic heterocycles. The van der Waals surface area contributed by atoms with Crippen molar-refractivity contribution in [1.82, 2.24) is 25.5 Å². The Balaban J connectivity index is 1.67. The van der Waals surface area contributed by atoms with Crippen LogP contribution in [0.2, 0.25) is 0 Å². The lowest BCUT2D eigenvalue weighted by atomic mass is 10.1. The fourth-order valence-electron chi connectivity index (χ4n) is 4.16. The largest absolute Gasteiger partial charge is 0.350 e. The highest BCUT2D eigenvalue weighted by Crippen LogP contribution is 2.40. The van der Waals surface area contributed by atoms with Gasteiger partial charge in [0.05, 0.1) is 34.9 Å². The Kier molecular flexibility index (Phi) is 4.11. The molecule has 0 aromatic carbocycles. The molecule has 4 rings (SSSR count). The zero-order valence-corrected chi connectivity index (χ0v) is 15.0. The molecule has 3 heterocycles. The summed E-state index contributed by atoms with van der Waals surface area (Å²) in [5, 5.41) is 6.36. The molecule has 7 nitrogen and oxygen atoms in total. The maximum atomic E-state index is 12.5. The van der Waals surface area contributed by atoms with Gasteiger partial charge in [0.15, 0.2) is 0 Å². The fourth-order valence-corrected chi connectivity index (χ4v) is 4.16. The van der Waals surface area contributed by atoms with E-state index in [1.807, 2.05) is 24.8 Å². The van der Waals surface area contributed by atoms with Gasteiger partial charge in [-0.25, -0.2) is 4.98 Å². The lowest BCUT2D eigenvalue weighted by molar-refractivity contribution is -0.130. The molecule has 1 aromatic heterocycles. The molecule has 2 saturated heterocycles. The number of carbonyl (C=O) groups is 2. The molecule has 26 heavy (non-hydrogen) atoms. The Labute approximate surface area is 152 Å². The predicted octanol–water partition coefficient (Wildman–Crippen LogP) is 0.741. The van der Waals surface area contributed by atoms with E-state index < -0.39 is 0 Å². The molecule has 7 heteroatoms. The normalized spacial score (nSPS) is 26.0. The van der Waals surface area contributed by atoms with Crippen LogP contribution in [0.3, 0.4) is 0 Å². The first-order valence-electron chi connectivity index (χ1n) is 9.05. The monoisotopic (exact) mass is 353 g/mol. The van der Waals surface area contributed by atoms with E-state index in [0.717, 1.165) is 24.4 Å². The number of likely N-dealkylation sites (tertiary alicyclic amines) is 1. The van der Waals surface area contributed by atoms with Crippen LogP contribution in [-0.4, -0.2) is 51.4 Å². The van der Waals surface area contributed by atoms with Crippen molar-refractivity contribution < 1.29 is 9.59 Å². The third-order valence-electron chi connectivity index (χ3n) is 5.23. The first kappa shape index (κ1) is 16.9. The summed E-state index contributed by atoms with van der Waals surface area (Å²) in [6, 6.07) is 0.200. The summed E-state index contributed by atoms with van der Waals surface area (Å²) in [6.45, 7) is 8.27. The van der Waals surface area contributed by atoms with Crippen LogP contribution >= 0.6 is 0 Å². The van der Waals surface area contributed by atoms with Gasteiger partial charge in [-0.05, 0) is 26.3 Å². The van der Waals surface area contributed by atoms with E-state index in [4.69, 9.17) is 4.98 Å². The van der Waals surface area contributed by atoms with E-state index in [-0.39, 0.29) is 36.0 Å². The van der Waals surface area contributed by atoms with Crippen molar-refractivity contribution >= 4 is 17.4 Å². The first-order chi connectivity index (χ1) is 12.5. The second-order valence-electron chi connectivity index (χ2n) is 7.34. The molecule has 0 radical (unpaired) electrons. The van der Waals surface area contributed by atoms with Crippen molar-refractivity contribution in [2.75, 3.05) is 6.54 Å². The van der Waals surface area contributed by atoms with E-state index in [9.17, 15) is 9.59 Å². The van der Waals surface area contributed by atoms with Crippen molar-refractivity contribution in [3.63, 3.8) is 0 Å². The van der Waals surface area contributed by atoms with Crippen LogP contribution in [0, 0.1) is 0 Å². The molecule has 1 unspecified atom stereocenters. The van der Waals surface area contributed by atoms with Gasteiger partial charge in [-0.3, -0.25) is 14.6 Å². The Morgan fingerprint density at radius 3 is 3.00 bits per heavy atom. The number of hydrogen-bond acceptors (Lipinski definition) is 5. The Morgan fingerprint density at radius 1 is 1.46 bits per heavy atom. The SMILES string of the molecule is C=CC(=O)N1C(c2cnc3c(n2)C(C(=O)NC(C)C)=CC3)[C@@H]2C[C@H]1CN2. The number of hydrogen-bond donors (Lipinski definition) is 2. The smallest absolute Gasteiger partial charge is 0.253 e. The third-order valence-corrected chi connectivity index (χ3v) is 5.23. The van der Waals surface area contributed by atoms with Gasteiger partial charge in [0.2, 0.25) is 5.91 Å². The Hall–Kier alpha value is -2.54. The molecule has 1 aliphatic carbocycles. The number of nitrogens with zero attached hydrogens (tertiary/aromatic N) is 3. The average molecular weight is 353 g/mol. The minimum Gasteiger partial charge on any atom is -0.350 e. The zero-order chi connectivity index (χ0) is 18.4. The number of rotatable bonds is 4. The van der Waals surface area contributed by atoms with Crippen LogP contribution in [-0.2, 0) is 16.0 Å². The molecule has 2 bridgehead atoms. The lowest BCUT2D eigenvalue weighted by Gasteiger charge is -2.34. The van der Waals surface area contributed by atoms with Crippen molar-refractivity contribution in [2.24, 2.45) is 0 Å². The molecule has 2 amide bonds. The number of aromatic nitrogens is 2. The van der Waals surface area contributed by atoms with Gasteiger partial charge >= 0.3 is 0 Å². The van der Waals surface area contributed by atoms with E-state index >= 15 is 0 Å². The molecular weight excluding hydrogens is 330 g/mol. The van der Waals surface area contributed by atoms with Gasteiger partial charge in [0.25, 0.3) is 5.91 Å². The van der Waals surface area contributed by atoms with Gasteiger partial charge in [-0.15, -0.1) is 0 Å². The van der Waals surface area contributed by atoms with Gasteiger partial charge in [0.1, 0.15) is 0 Å². The third kappa shape index (κ3) is 2.63. The van der Waals surface area contributed by atoms with Crippen LogP contribution in [0.5, 0.6) is 0 Å². The van der Waals surface area contributed by atoms with Crippen molar-refractivity contribution in [1.29, 1.82) is 0 Å². The molecule has 1 aromatic rings. The molecule has 3 atom stereocenters. The summed E-state index contributed by atoms with van der Waals surface area (Å²) in [5.74, 6) is -0.213. The van der Waals surface area contributed by atoms with Crippen LogP contribution in [0.25, 0.3) is 5.57 Å². The Bertz CT molecular complexity index is 816. The quantitative estimate of drug-likeness (QED) is 0.780. The zero-order valence-electron chi connectivity index (χ0n) is 15.0. The summed E-state index contributed by atoms with van der Waals surface area (Å²) in [7, 11) is 0. The van der Waals surface area contributed by atoms with Crippen molar-refractivity contribution in [3.8, 4) is 0 Å². The average Bonchev–Trinajstić information content (AvgIpc) is 3.33. The van der Waals surface area contributed by atoms with E-state index in [2.05, 4.69) is 22.2 Å². The second kappa shape index (κ2) is 6.32. The summed E-state index contributed by atoms with van der Waals surface area (Å²) < 4.78 is 0. The number of carbonyl (C=O) groups excluding carboxylic acids is 2. The van der Waals surface area contributed by atoms with E-state index in [0.29, 0.717) is 17.7 Å². The summed E-state index contributed by atoms with van der Waals surface area (Å²) in [4.78, 5) is 36.0. The highest BCUT2D eigenvalue weighted by molar-refractivity contribution is 6.20. The van der Waals surface area contributed by atoms with E-state index in [1.165, 1.54) is 6.08 Å². The lowest BCUT2D eigenvalue weighted by Crippen LogP contribution is -2.48. The van der Waals surface area contributed by atoms with Crippen LogP contribution in [0.15, 0.2) is 24.9 Å². The van der Waals surface area contributed by atoms with Crippen molar-refractivity contribution in [3.05, 3.63) is 42.0 Å². The van der Waals surface area contributed by atoms with Crippen molar-refractivity contribution in [2.45, 2.75) is 50.9 Å². The maximum absolute atomic E-state index is 12.5. The highest BCUT2D eigenvalue weighted by atomic mass is 16.2. The van der Waals surface area contributed by atoms with Gasteiger partial charge in [-0.2, -0.15) is 0 Å². The highest BCUT2D eigenvalue weighted by Gasteiger charge is 2.49. The van der Waals surface area contributed by atoms with Gasteiger partial charge in [-0.1, -0.05) is 12.7 Å². The predicted molar refractivity (Wildman–Crippen MR) is 97.0 cm³/mol. The van der Waals surface area contributed by atoms with Gasteiger partial charge < -0.3 is 15.5 Å². The summed E-state index contributed by atoms with van der Waals surface area (Å²) in [6.07, 6.45) is 6.48. The number of nitrogens with one attached hydrogen (secondary N) is 2. The maximum Gasteiger partial charge on any atom is 0.253 e. The molecule has 3 aliphatic rings. The van der Waals surface area contributed by atoms with Crippen LogP contribution in [0.1, 0.15) is 43.4 Å². The van der Waals surface area contributed by atoms with E-state index in [1.54, 1.807) is 6.20 Å². The van der Waals surface area contributed by atoms with Crippen LogP contribution in [0.4, 0.5) is 0 Å². The second-order valence-corrected chi connectivity index (χ2v) is 7.34. The summed E-state index contributed by atoms with van der Waals surface area (Å²) >= 11 is 0. The standard InChI is InChI=1S/C19H23N5O2/c1-4-16(25)24-11-7-14(20-8-11)18(24)15-9-21-13-6-5-12(17(13)23-15)19(26)22-10(2)3/h4-5,9-11,14,18,20H,1,6-8H2,2-3H3,(H,22,26)/t11-,14-,18?/m0/s1. The molecule has 0 spiro atoms. The topological polar surface area (TPSA) is 87.2 Å². The number of amides is 2. The number of fused-ring (bicyclic) bond motifs is 3. The number of piperazine rings is 1. The molecule has 2 N–H and O–H groups in total. The number of allylic oxidation sites excluding steroid dienone is 1. The van der Waals surface area contributed by atoms with Gasteiger partial charge in [0, 0.05) is 31.1 Å². The first-order valence-corrected chi connectivity index (χ1v) is 9.05. The minimum absolute atomic E-state index is 0.0547. The molecule has 0 saturated carbocycles. The summed E-state index contributed by atoms with van der Waals surface area (Å²) in [5.41, 5.74) is 2.74. The molecule has 2 fully saturated rings. The van der Waals surface area contributed by atoms with Crippen LogP contribution < -0.4 is 10.6 Å². The minimum atomic E-state index is -0.174. The Morgan fingerprint density at radius 2 is 2.27 bits per heavy atom. The molecular formula is C19H23N5O2. The molecule has 136 valence electrons.